The number of aromatic nitrogens is 1. The lowest BCUT2D eigenvalue weighted by atomic mass is 9.96. The summed E-state index contributed by atoms with van der Waals surface area (Å²) >= 11 is 0. The fourth-order valence-electron chi connectivity index (χ4n) is 1.66. The second-order valence-electron chi connectivity index (χ2n) is 4.16. The van der Waals surface area contributed by atoms with Gasteiger partial charge in [-0.15, -0.1) is 0 Å². The van der Waals surface area contributed by atoms with Crippen LogP contribution in [-0.2, 0) is 0 Å². The molecule has 5 heteroatoms. The Morgan fingerprint density at radius 2 is 2.35 bits per heavy atom. The summed E-state index contributed by atoms with van der Waals surface area (Å²) in [5.74, 6) is 0.362. The highest BCUT2D eigenvalue weighted by atomic mass is 16.6. The van der Waals surface area contributed by atoms with E-state index in [0.717, 1.165) is 5.57 Å². The van der Waals surface area contributed by atoms with E-state index in [1.807, 2.05) is 13.8 Å². The topological polar surface area (TPSA) is 76.3 Å². The second kappa shape index (κ2) is 6.10. The molecule has 0 spiro atoms. The molecular weight excluding hydrogens is 220 g/mol. The molecule has 0 saturated carbocycles. The predicted molar refractivity (Wildman–Crippen MR) is 65.4 cm³/mol. The third kappa shape index (κ3) is 3.64. The molecule has 0 aliphatic rings. The Balaban J connectivity index is 3.18. The molecule has 1 rings (SSSR count). The molecule has 0 aliphatic heterocycles. The number of hydrogen-bond acceptors (Lipinski definition) is 4. The SMILES string of the molecule is CC(C)CC(=CCO)c1ccncc1[N+](=O)[O-]. The first kappa shape index (κ1) is 13.3. The van der Waals surface area contributed by atoms with Gasteiger partial charge in [0, 0.05) is 6.20 Å². The van der Waals surface area contributed by atoms with Crippen LogP contribution in [0, 0.1) is 16.0 Å². The Morgan fingerprint density at radius 1 is 1.65 bits per heavy atom. The Kier molecular flexibility index (Phi) is 4.78. The molecule has 0 amide bonds. The molecule has 1 N–H and O–H groups in total. The maximum absolute atomic E-state index is 10.9. The average Bonchev–Trinajstić information content (AvgIpc) is 2.28. The average molecular weight is 236 g/mol. The van der Waals surface area contributed by atoms with Gasteiger partial charge in [0.2, 0.25) is 0 Å². The lowest BCUT2D eigenvalue weighted by molar-refractivity contribution is -0.385. The minimum absolute atomic E-state index is 0.0205. The standard InChI is InChI=1S/C12H16N2O3/c1-9(2)7-10(4-6-15)11-3-5-13-8-12(11)14(16)17/h3-5,8-9,15H,6-7H2,1-2H3. The van der Waals surface area contributed by atoms with E-state index in [0.29, 0.717) is 17.9 Å². The number of nitrogens with zero attached hydrogens (tertiary/aromatic N) is 2. The molecular formula is C12H16N2O3. The number of aliphatic hydroxyl groups excluding tert-OH is 1. The Bertz CT molecular complexity index is 428. The van der Waals surface area contributed by atoms with E-state index in [4.69, 9.17) is 5.11 Å². The number of pyridine rings is 1. The minimum atomic E-state index is -0.451. The highest BCUT2D eigenvalue weighted by Gasteiger charge is 2.17. The van der Waals surface area contributed by atoms with Crippen LogP contribution in [-0.4, -0.2) is 21.6 Å². The van der Waals surface area contributed by atoms with Crippen molar-refractivity contribution in [2.75, 3.05) is 6.61 Å². The van der Waals surface area contributed by atoms with Gasteiger partial charge in [0.05, 0.1) is 17.1 Å². The molecule has 0 fully saturated rings. The smallest absolute Gasteiger partial charge is 0.294 e. The normalized spacial score (nSPS) is 11.9. The number of hydrogen-bond donors (Lipinski definition) is 1. The van der Waals surface area contributed by atoms with Crippen LogP contribution >= 0.6 is 0 Å². The highest BCUT2D eigenvalue weighted by molar-refractivity contribution is 5.72. The van der Waals surface area contributed by atoms with Crippen molar-refractivity contribution in [3.63, 3.8) is 0 Å². The molecule has 92 valence electrons. The van der Waals surface area contributed by atoms with Crippen molar-refractivity contribution in [2.24, 2.45) is 5.92 Å². The monoisotopic (exact) mass is 236 g/mol. The van der Waals surface area contributed by atoms with E-state index in [-0.39, 0.29) is 12.3 Å². The summed E-state index contributed by atoms with van der Waals surface area (Å²) in [4.78, 5) is 14.2. The van der Waals surface area contributed by atoms with Crippen LogP contribution in [0.1, 0.15) is 25.8 Å². The fraction of sp³-hybridized carbons (Fsp3) is 0.417. The second-order valence-corrected chi connectivity index (χ2v) is 4.16. The summed E-state index contributed by atoms with van der Waals surface area (Å²) in [6.07, 6.45) is 5.06. The molecule has 5 nitrogen and oxygen atoms in total. The van der Waals surface area contributed by atoms with Crippen LogP contribution in [0.25, 0.3) is 5.57 Å². The summed E-state index contributed by atoms with van der Waals surface area (Å²) in [5, 5.41) is 19.9. The third-order valence-electron chi connectivity index (χ3n) is 2.31. The zero-order valence-electron chi connectivity index (χ0n) is 9.96. The largest absolute Gasteiger partial charge is 0.392 e. The van der Waals surface area contributed by atoms with Crippen LogP contribution in [0.4, 0.5) is 5.69 Å². The molecule has 17 heavy (non-hydrogen) atoms. The first-order chi connectivity index (χ1) is 8.06. The Morgan fingerprint density at radius 3 is 2.88 bits per heavy atom. The van der Waals surface area contributed by atoms with E-state index >= 15 is 0 Å². The van der Waals surface area contributed by atoms with E-state index in [9.17, 15) is 10.1 Å². The van der Waals surface area contributed by atoms with Crippen molar-refractivity contribution >= 4 is 11.3 Å². The maximum atomic E-state index is 10.9. The van der Waals surface area contributed by atoms with Crippen LogP contribution in [0.15, 0.2) is 24.5 Å². The zero-order valence-corrected chi connectivity index (χ0v) is 9.96. The van der Waals surface area contributed by atoms with Gasteiger partial charge in [-0.2, -0.15) is 0 Å². The molecule has 1 aromatic heterocycles. The number of rotatable bonds is 5. The maximum Gasteiger partial charge on any atom is 0.294 e. The van der Waals surface area contributed by atoms with Crippen molar-refractivity contribution in [3.05, 3.63) is 40.2 Å². The summed E-state index contributed by atoms with van der Waals surface area (Å²) in [6.45, 7) is 3.93. The summed E-state index contributed by atoms with van der Waals surface area (Å²) < 4.78 is 0. The van der Waals surface area contributed by atoms with Crippen molar-refractivity contribution in [1.29, 1.82) is 0 Å². The van der Waals surface area contributed by atoms with Gasteiger partial charge in [0.15, 0.2) is 0 Å². The van der Waals surface area contributed by atoms with Crippen molar-refractivity contribution in [3.8, 4) is 0 Å². The minimum Gasteiger partial charge on any atom is -0.392 e. The summed E-state index contributed by atoms with van der Waals surface area (Å²) in [7, 11) is 0. The molecule has 0 saturated heterocycles. The molecule has 0 bridgehead atoms. The lowest BCUT2D eigenvalue weighted by Crippen LogP contribution is -1.99. The van der Waals surface area contributed by atoms with Crippen LogP contribution in [0.5, 0.6) is 0 Å². The molecule has 0 aromatic carbocycles. The van der Waals surface area contributed by atoms with Crippen LogP contribution < -0.4 is 0 Å². The molecule has 0 atom stereocenters. The van der Waals surface area contributed by atoms with Crippen molar-refractivity contribution in [2.45, 2.75) is 20.3 Å². The van der Waals surface area contributed by atoms with E-state index in [1.54, 1.807) is 12.1 Å². The quantitative estimate of drug-likeness (QED) is 0.629. The first-order valence-electron chi connectivity index (χ1n) is 5.45. The molecule has 0 radical (unpaired) electrons. The van der Waals surface area contributed by atoms with Crippen LogP contribution in [0.3, 0.4) is 0 Å². The number of nitro groups is 1. The highest BCUT2D eigenvalue weighted by Crippen LogP contribution is 2.29. The zero-order chi connectivity index (χ0) is 12.8. The Labute approximate surface area is 100.0 Å². The van der Waals surface area contributed by atoms with Gasteiger partial charge in [0.25, 0.3) is 5.69 Å². The van der Waals surface area contributed by atoms with Crippen LogP contribution in [0.2, 0.25) is 0 Å². The van der Waals surface area contributed by atoms with E-state index in [2.05, 4.69) is 4.98 Å². The number of allylic oxidation sites excluding steroid dienone is 1. The van der Waals surface area contributed by atoms with Gasteiger partial charge < -0.3 is 5.11 Å². The van der Waals surface area contributed by atoms with Gasteiger partial charge in [-0.05, 0) is 24.0 Å². The van der Waals surface area contributed by atoms with Gasteiger partial charge in [-0.3, -0.25) is 15.1 Å². The third-order valence-corrected chi connectivity index (χ3v) is 2.31. The predicted octanol–water partition coefficient (Wildman–Crippen LogP) is 2.41. The molecule has 0 aliphatic carbocycles. The fourth-order valence-corrected chi connectivity index (χ4v) is 1.66. The van der Waals surface area contributed by atoms with Gasteiger partial charge in [-0.1, -0.05) is 19.9 Å². The number of aliphatic hydroxyl groups is 1. The van der Waals surface area contributed by atoms with Crippen molar-refractivity contribution < 1.29 is 10.0 Å². The van der Waals surface area contributed by atoms with Gasteiger partial charge in [-0.25, -0.2) is 0 Å². The van der Waals surface area contributed by atoms with Crippen molar-refractivity contribution in [1.82, 2.24) is 4.98 Å². The van der Waals surface area contributed by atoms with Gasteiger partial charge in [0.1, 0.15) is 6.20 Å². The first-order valence-corrected chi connectivity index (χ1v) is 5.45. The van der Waals surface area contributed by atoms with E-state index in [1.165, 1.54) is 12.4 Å². The summed E-state index contributed by atoms with van der Waals surface area (Å²) in [6, 6.07) is 1.61. The molecule has 1 heterocycles. The van der Waals surface area contributed by atoms with Gasteiger partial charge >= 0.3 is 0 Å². The Hall–Kier alpha value is -1.75. The van der Waals surface area contributed by atoms with E-state index < -0.39 is 4.92 Å². The lowest BCUT2D eigenvalue weighted by Gasteiger charge is -2.10. The molecule has 0 unspecified atom stereocenters. The summed E-state index contributed by atoms with van der Waals surface area (Å²) in [5.41, 5.74) is 1.30. The molecule has 1 aromatic rings.